The fraction of sp³-hybridized carbons (Fsp3) is 0.286. The molecule has 1 aromatic heterocycles. The average molecular weight is 554 g/mol. The largest absolute Gasteiger partial charge is 0.279 e. The van der Waals surface area contributed by atoms with E-state index in [4.69, 9.17) is 16.6 Å². The van der Waals surface area contributed by atoms with Crippen LogP contribution in [0, 0.1) is 11.8 Å². The maximum absolute atomic E-state index is 13.7. The number of aromatic nitrogens is 1. The second-order valence-electron chi connectivity index (χ2n) is 9.78. The first-order valence-electron chi connectivity index (χ1n) is 12.2. The molecule has 0 aliphatic carbocycles. The van der Waals surface area contributed by atoms with E-state index in [1.807, 2.05) is 42.5 Å². The average Bonchev–Trinajstić information content (AvgIpc) is 3.30. The van der Waals surface area contributed by atoms with E-state index in [1.165, 1.54) is 23.5 Å². The highest BCUT2D eigenvalue weighted by molar-refractivity contribution is 7.89. The van der Waals surface area contributed by atoms with Gasteiger partial charge in [-0.1, -0.05) is 67.1 Å². The molecule has 3 aromatic carbocycles. The van der Waals surface area contributed by atoms with E-state index < -0.39 is 10.0 Å². The van der Waals surface area contributed by atoms with E-state index in [-0.39, 0.29) is 10.8 Å². The Morgan fingerprint density at radius 2 is 1.70 bits per heavy atom. The van der Waals surface area contributed by atoms with Crippen molar-refractivity contribution in [1.82, 2.24) is 9.29 Å². The topological polar surface area (TPSA) is 70.6 Å². The molecule has 0 spiro atoms. The Kier molecular flexibility index (Phi) is 7.36. The number of anilines is 1. The fourth-order valence-electron chi connectivity index (χ4n) is 4.87. The fourth-order valence-corrected chi connectivity index (χ4v) is 7.79. The summed E-state index contributed by atoms with van der Waals surface area (Å²) in [5.74, 6) is 0.377. The number of rotatable bonds is 6. The first-order chi connectivity index (χ1) is 17.7. The Labute approximate surface area is 226 Å². The van der Waals surface area contributed by atoms with Crippen LogP contribution in [-0.4, -0.2) is 36.7 Å². The molecule has 1 saturated heterocycles. The summed E-state index contributed by atoms with van der Waals surface area (Å²) in [7, 11) is -3.63. The first-order valence-corrected chi connectivity index (χ1v) is 14.9. The summed E-state index contributed by atoms with van der Waals surface area (Å²) in [5.41, 5.74) is 2.12. The van der Waals surface area contributed by atoms with Crippen LogP contribution in [0.5, 0.6) is 0 Å². The van der Waals surface area contributed by atoms with Gasteiger partial charge in [-0.3, -0.25) is 9.69 Å². The van der Waals surface area contributed by atoms with Gasteiger partial charge in [0.05, 0.1) is 21.7 Å². The highest BCUT2D eigenvalue weighted by Crippen LogP contribution is 2.33. The molecular formula is C28H28ClN3O3S2. The molecule has 2 heterocycles. The van der Waals surface area contributed by atoms with Crippen LogP contribution < -0.4 is 4.90 Å². The number of fused-ring (bicyclic) bond motifs is 1. The number of amides is 1. The number of sulfonamides is 1. The van der Waals surface area contributed by atoms with Crippen molar-refractivity contribution in [2.45, 2.75) is 31.7 Å². The van der Waals surface area contributed by atoms with E-state index in [9.17, 15) is 13.2 Å². The van der Waals surface area contributed by atoms with E-state index in [0.717, 1.165) is 22.2 Å². The van der Waals surface area contributed by atoms with Gasteiger partial charge in [-0.25, -0.2) is 13.4 Å². The lowest BCUT2D eigenvalue weighted by atomic mass is 9.94. The number of carbonyl (C=O) groups is 1. The molecule has 1 amide bonds. The van der Waals surface area contributed by atoms with Gasteiger partial charge < -0.3 is 0 Å². The molecule has 0 N–H and O–H groups in total. The van der Waals surface area contributed by atoms with Gasteiger partial charge in [0, 0.05) is 23.7 Å². The monoisotopic (exact) mass is 553 g/mol. The molecule has 2 unspecified atom stereocenters. The summed E-state index contributed by atoms with van der Waals surface area (Å²) >= 11 is 7.56. The van der Waals surface area contributed by atoms with Gasteiger partial charge in [-0.15, -0.1) is 0 Å². The van der Waals surface area contributed by atoms with Gasteiger partial charge in [-0.05, 0) is 66.3 Å². The lowest BCUT2D eigenvalue weighted by Gasteiger charge is -2.34. The number of hydrogen-bond donors (Lipinski definition) is 0. The predicted octanol–water partition coefficient (Wildman–Crippen LogP) is 6.46. The summed E-state index contributed by atoms with van der Waals surface area (Å²) in [4.78, 5) is 20.3. The van der Waals surface area contributed by atoms with Crippen molar-refractivity contribution in [3.8, 4) is 0 Å². The van der Waals surface area contributed by atoms with Crippen LogP contribution in [0.25, 0.3) is 10.2 Å². The molecule has 1 aliphatic heterocycles. The molecule has 0 bridgehead atoms. The second-order valence-corrected chi connectivity index (χ2v) is 13.2. The third kappa shape index (κ3) is 5.57. The van der Waals surface area contributed by atoms with Crippen LogP contribution in [0.2, 0.25) is 5.02 Å². The minimum absolute atomic E-state index is 0.203. The van der Waals surface area contributed by atoms with Crippen molar-refractivity contribution in [1.29, 1.82) is 0 Å². The van der Waals surface area contributed by atoms with Crippen molar-refractivity contribution < 1.29 is 13.2 Å². The Morgan fingerprint density at radius 3 is 2.38 bits per heavy atom. The zero-order valence-electron chi connectivity index (χ0n) is 20.7. The summed E-state index contributed by atoms with van der Waals surface area (Å²) < 4.78 is 29.0. The number of thiazole rings is 1. The summed E-state index contributed by atoms with van der Waals surface area (Å²) in [5, 5.41) is 1.16. The molecule has 1 fully saturated rings. The Morgan fingerprint density at radius 1 is 1.03 bits per heavy atom. The molecule has 1 aliphatic rings. The van der Waals surface area contributed by atoms with Gasteiger partial charge in [0.15, 0.2) is 5.13 Å². The van der Waals surface area contributed by atoms with Crippen molar-refractivity contribution in [3.05, 3.63) is 88.9 Å². The predicted molar refractivity (Wildman–Crippen MR) is 150 cm³/mol. The molecule has 5 rings (SSSR count). The van der Waals surface area contributed by atoms with Crippen LogP contribution in [0.3, 0.4) is 0 Å². The maximum Gasteiger partial charge on any atom is 0.260 e. The standard InChI is InChI=1S/C28H28ClN3O3S2/c1-19-14-20(2)17-31(16-19)37(34,35)24-11-8-22(9-12-24)27(33)32(18-21-6-4-3-5-7-21)28-30-25-13-10-23(29)15-26(25)36-28/h3-13,15,19-20H,14,16-18H2,1-2H3. The van der Waals surface area contributed by atoms with Crippen LogP contribution in [-0.2, 0) is 16.6 Å². The van der Waals surface area contributed by atoms with Crippen LogP contribution in [0.4, 0.5) is 5.13 Å². The Hall–Kier alpha value is -2.78. The van der Waals surface area contributed by atoms with E-state index >= 15 is 0 Å². The van der Waals surface area contributed by atoms with Gasteiger partial charge in [0.1, 0.15) is 0 Å². The minimum Gasteiger partial charge on any atom is -0.279 e. The number of nitrogens with zero attached hydrogens (tertiary/aromatic N) is 3. The van der Waals surface area contributed by atoms with Crippen molar-refractivity contribution in [3.63, 3.8) is 0 Å². The lowest BCUT2D eigenvalue weighted by Crippen LogP contribution is -2.42. The highest BCUT2D eigenvalue weighted by Gasteiger charge is 2.32. The quantitative estimate of drug-likeness (QED) is 0.274. The van der Waals surface area contributed by atoms with Crippen molar-refractivity contribution in [2.75, 3.05) is 18.0 Å². The summed E-state index contributed by atoms with van der Waals surface area (Å²) in [6, 6.07) is 21.4. The van der Waals surface area contributed by atoms with Gasteiger partial charge >= 0.3 is 0 Å². The molecule has 192 valence electrons. The molecule has 37 heavy (non-hydrogen) atoms. The number of halogens is 1. The van der Waals surface area contributed by atoms with Crippen LogP contribution in [0.1, 0.15) is 36.2 Å². The minimum atomic E-state index is -3.63. The number of carbonyl (C=O) groups excluding carboxylic acids is 1. The molecule has 9 heteroatoms. The normalized spacial score (nSPS) is 18.7. The van der Waals surface area contributed by atoms with Crippen LogP contribution in [0.15, 0.2) is 77.7 Å². The molecular weight excluding hydrogens is 526 g/mol. The zero-order chi connectivity index (χ0) is 26.2. The third-order valence-corrected chi connectivity index (χ3v) is 9.70. The van der Waals surface area contributed by atoms with Gasteiger partial charge in [0.2, 0.25) is 10.0 Å². The zero-order valence-corrected chi connectivity index (χ0v) is 23.1. The number of benzene rings is 3. The maximum atomic E-state index is 13.7. The van der Waals surface area contributed by atoms with Crippen molar-refractivity contribution in [2.24, 2.45) is 11.8 Å². The lowest BCUT2D eigenvalue weighted by molar-refractivity contribution is 0.0985. The van der Waals surface area contributed by atoms with Gasteiger partial charge in [-0.2, -0.15) is 4.31 Å². The Balaban J connectivity index is 1.45. The van der Waals surface area contributed by atoms with E-state index in [1.54, 1.807) is 27.4 Å². The van der Waals surface area contributed by atoms with Gasteiger partial charge in [0.25, 0.3) is 5.91 Å². The molecule has 0 radical (unpaired) electrons. The SMILES string of the molecule is CC1CC(C)CN(S(=O)(=O)c2ccc(C(=O)N(Cc3ccccc3)c3nc4ccc(Cl)cc4s3)cc2)C1. The molecule has 6 nitrogen and oxygen atoms in total. The first kappa shape index (κ1) is 25.9. The summed E-state index contributed by atoms with van der Waals surface area (Å²) in [6.45, 7) is 5.52. The highest BCUT2D eigenvalue weighted by atomic mass is 35.5. The Bertz CT molecular complexity index is 1510. The van der Waals surface area contributed by atoms with Crippen molar-refractivity contribution >= 4 is 54.2 Å². The molecule has 0 saturated carbocycles. The van der Waals surface area contributed by atoms with Crippen LogP contribution >= 0.6 is 22.9 Å². The van der Waals surface area contributed by atoms with E-state index in [2.05, 4.69) is 13.8 Å². The second kappa shape index (κ2) is 10.5. The smallest absolute Gasteiger partial charge is 0.260 e. The summed E-state index contributed by atoms with van der Waals surface area (Å²) in [6.07, 6.45) is 1.02. The molecule has 2 atom stereocenters. The third-order valence-electron chi connectivity index (χ3n) is 6.57. The number of piperidine rings is 1. The molecule has 4 aromatic rings. The number of hydrogen-bond acceptors (Lipinski definition) is 5. The van der Waals surface area contributed by atoms with E-state index in [0.29, 0.717) is 47.2 Å².